The van der Waals surface area contributed by atoms with E-state index in [9.17, 15) is 0 Å². The van der Waals surface area contributed by atoms with Crippen LogP contribution in [0.2, 0.25) is 0 Å². The predicted octanol–water partition coefficient (Wildman–Crippen LogP) is 2.97. The molecule has 0 saturated carbocycles. The molecule has 2 heteroatoms. The molecule has 0 heterocycles. The molecule has 0 saturated heterocycles. The summed E-state index contributed by atoms with van der Waals surface area (Å²) in [5, 5.41) is 0. The lowest BCUT2D eigenvalue weighted by Gasteiger charge is -2.26. The summed E-state index contributed by atoms with van der Waals surface area (Å²) in [6.45, 7) is 8.93. The lowest BCUT2D eigenvalue weighted by Crippen LogP contribution is -2.40. The average molecular weight is 200 g/mol. The molecule has 0 aliphatic heterocycles. The number of unbranched alkanes of at least 4 members (excludes halogenated alkanes) is 4. The Morgan fingerprint density at radius 2 is 1.36 bits per heavy atom. The van der Waals surface area contributed by atoms with Crippen LogP contribution >= 0.6 is 0 Å². The Bertz CT molecular complexity index is 103. The van der Waals surface area contributed by atoms with Crippen LogP contribution in [0.15, 0.2) is 0 Å². The Morgan fingerprint density at radius 1 is 0.929 bits per heavy atom. The Labute approximate surface area is 89.9 Å². The maximum atomic E-state index is 5.93. The molecule has 0 fully saturated rings. The summed E-state index contributed by atoms with van der Waals surface area (Å²) in [6.07, 6.45) is 8.06. The van der Waals surface area contributed by atoms with E-state index in [1.807, 2.05) is 0 Å². The highest BCUT2D eigenvalue weighted by atomic mass is 15.2. The van der Waals surface area contributed by atoms with Crippen molar-refractivity contribution in [1.29, 1.82) is 0 Å². The van der Waals surface area contributed by atoms with Gasteiger partial charge in [-0.15, -0.1) is 0 Å². The second-order valence-electron chi connectivity index (χ2n) is 4.19. The summed E-state index contributed by atoms with van der Waals surface area (Å²) < 4.78 is 0. The zero-order valence-electron chi connectivity index (χ0n) is 10.3. The van der Waals surface area contributed by atoms with E-state index >= 15 is 0 Å². The Balaban J connectivity index is 3.55. The van der Waals surface area contributed by atoms with Crippen molar-refractivity contribution in [3.05, 3.63) is 0 Å². The highest BCUT2D eigenvalue weighted by molar-refractivity contribution is 4.61. The fourth-order valence-electron chi connectivity index (χ4n) is 1.65. The Morgan fingerprint density at radius 3 is 1.64 bits per heavy atom. The molecule has 0 rings (SSSR count). The van der Waals surface area contributed by atoms with Gasteiger partial charge in [0, 0.05) is 0 Å². The third-order valence-electron chi connectivity index (χ3n) is 2.67. The molecule has 2 nitrogen and oxygen atoms in total. The Hall–Kier alpha value is -0.0800. The third kappa shape index (κ3) is 7.34. The second kappa shape index (κ2) is 9.47. The maximum absolute atomic E-state index is 5.93. The molecule has 1 atom stereocenters. The number of hydrogen-bond acceptors (Lipinski definition) is 2. The molecule has 2 N–H and O–H groups in total. The number of hydrogen-bond donors (Lipinski definition) is 1. The molecule has 0 spiro atoms. The van der Waals surface area contributed by atoms with Crippen LogP contribution in [-0.4, -0.2) is 24.2 Å². The van der Waals surface area contributed by atoms with Gasteiger partial charge in [-0.25, -0.2) is 0 Å². The van der Waals surface area contributed by atoms with E-state index in [0.29, 0.717) is 0 Å². The highest BCUT2D eigenvalue weighted by Gasteiger charge is 2.07. The quantitative estimate of drug-likeness (QED) is 0.458. The molecular formula is C12H28N2. The molecule has 0 aromatic heterocycles. The summed E-state index contributed by atoms with van der Waals surface area (Å²) in [7, 11) is 0. The zero-order valence-corrected chi connectivity index (χ0v) is 10.3. The van der Waals surface area contributed by atoms with E-state index in [-0.39, 0.29) is 6.17 Å². The van der Waals surface area contributed by atoms with Crippen molar-refractivity contribution in [2.24, 2.45) is 5.73 Å². The summed E-state index contributed by atoms with van der Waals surface area (Å²) in [5.74, 6) is 0. The molecule has 0 aliphatic rings. The minimum Gasteiger partial charge on any atom is -0.316 e. The van der Waals surface area contributed by atoms with Crippen LogP contribution in [0.3, 0.4) is 0 Å². The molecule has 0 radical (unpaired) electrons. The van der Waals surface area contributed by atoms with E-state index < -0.39 is 0 Å². The molecule has 1 unspecified atom stereocenters. The van der Waals surface area contributed by atoms with Crippen molar-refractivity contribution in [1.82, 2.24) is 4.90 Å². The highest BCUT2D eigenvalue weighted by Crippen LogP contribution is 2.04. The lowest BCUT2D eigenvalue weighted by atomic mass is 10.2. The minimum absolute atomic E-state index is 0.226. The first-order valence-electron chi connectivity index (χ1n) is 6.22. The second-order valence-corrected chi connectivity index (χ2v) is 4.19. The number of nitrogens with two attached hydrogens (primary N) is 1. The van der Waals surface area contributed by atoms with Gasteiger partial charge in [-0.05, 0) is 32.9 Å². The van der Waals surface area contributed by atoms with Crippen LogP contribution in [0.1, 0.15) is 59.3 Å². The number of nitrogens with zero attached hydrogens (tertiary/aromatic N) is 1. The van der Waals surface area contributed by atoms with E-state index in [4.69, 9.17) is 5.73 Å². The van der Waals surface area contributed by atoms with E-state index in [0.717, 1.165) is 0 Å². The van der Waals surface area contributed by atoms with Crippen LogP contribution in [0, 0.1) is 0 Å². The predicted molar refractivity (Wildman–Crippen MR) is 64.3 cm³/mol. The fraction of sp³-hybridized carbons (Fsp3) is 1.00. The molecule has 86 valence electrons. The van der Waals surface area contributed by atoms with Gasteiger partial charge < -0.3 is 5.73 Å². The largest absolute Gasteiger partial charge is 0.316 e. The van der Waals surface area contributed by atoms with Gasteiger partial charge >= 0.3 is 0 Å². The van der Waals surface area contributed by atoms with Crippen molar-refractivity contribution in [3.8, 4) is 0 Å². The number of rotatable bonds is 9. The first-order chi connectivity index (χ1) is 6.72. The molecule has 0 amide bonds. The van der Waals surface area contributed by atoms with Gasteiger partial charge in [0.05, 0.1) is 6.17 Å². The topological polar surface area (TPSA) is 29.3 Å². The van der Waals surface area contributed by atoms with Crippen molar-refractivity contribution < 1.29 is 0 Å². The zero-order chi connectivity index (χ0) is 10.8. The van der Waals surface area contributed by atoms with Gasteiger partial charge in [0.15, 0.2) is 0 Å². The van der Waals surface area contributed by atoms with Gasteiger partial charge in [-0.3, -0.25) is 4.90 Å². The maximum Gasteiger partial charge on any atom is 0.0542 e. The average Bonchev–Trinajstić information content (AvgIpc) is 2.15. The van der Waals surface area contributed by atoms with Crippen LogP contribution in [0.5, 0.6) is 0 Å². The van der Waals surface area contributed by atoms with Gasteiger partial charge in [0.25, 0.3) is 0 Å². The van der Waals surface area contributed by atoms with E-state index in [1.54, 1.807) is 0 Å². The molecule has 14 heavy (non-hydrogen) atoms. The van der Waals surface area contributed by atoms with Crippen molar-refractivity contribution in [3.63, 3.8) is 0 Å². The van der Waals surface area contributed by atoms with Crippen molar-refractivity contribution >= 4 is 0 Å². The summed E-state index contributed by atoms with van der Waals surface area (Å²) in [4.78, 5) is 2.41. The van der Waals surface area contributed by atoms with E-state index in [2.05, 4.69) is 25.7 Å². The van der Waals surface area contributed by atoms with Crippen LogP contribution in [-0.2, 0) is 0 Å². The summed E-state index contributed by atoms with van der Waals surface area (Å²) >= 11 is 0. The van der Waals surface area contributed by atoms with Gasteiger partial charge in [0.2, 0.25) is 0 Å². The summed E-state index contributed by atoms with van der Waals surface area (Å²) in [6, 6.07) is 0. The smallest absolute Gasteiger partial charge is 0.0542 e. The SMILES string of the molecule is CCCCCN(CCCCC)C(C)N. The molecule has 0 aromatic carbocycles. The summed E-state index contributed by atoms with van der Waals surface area (Å²) in [5.41, 5.74) is 5.93. The minimum atomic E-state index is 0.226. The van der Waals surface area contributed by atoms with Crippen molar-refractivity contribution in [2.75, 3.05) is 13.1 Å². The Kier molecular flexibility index (Phi) is 9.42. The molecule has 0 aliphatic carbocycles. The lowest BCUT2D eigenvalue weighted by molar-refractivity contribution is 0.204. The van der Waals surface area contributed by atoms with Crippen LogP contribution < -0.4 is 5.73 Å². The first-order valence-corrected chi connectivity index (χ1v) is 6.22. The standard InChI is InChI=1S/C12H28N2/c1-4-6-8-10-14(12(3)13)11-9-7-5-2/h12H,4-11,13H2,1-3H3. The fourth-order valence-corrected chi connectivity index (χ4v) is 1.65. The third-order valence-corrected chi connectivity index (χ3v) is 2.67. The van der Waals surface area contributed by atoms with Gasteiger partial charge in [-0.2, -0.15) is 0 Å². The van der Waals surface area contributed by atoms with Gasteiger partial charge in [0.1, 0.15) is 0 Å². The van der Waals surface area contributed by atoms with Gasteiger partial charge in [-0.1, -0.05) is 39.5 Å². The monoisotopic (exact) mass is 200 g/mol. The molecule has 0 aromatic rings. The van der Waals surface area contributed by atoms with Crippen LogP contribution in [0.25, 0.3) is 0 Å². The van der Waals surface area contributed by atoms with Crippen molar-refractivity contribution in [2.45, 2.75) is 65.5 Å². The van der Waals surface area contributed by atoms with Crippen LogP contribution in [0.4, 0.5) is 0 Å². The first kappa shape index (κ1) is 13.9. The van der Waals surface area contributed by atoms with E-state index in [1.165, 1.54) is 51.6 Å². The molecular weight excluding hydrogens is 172 g/mol. The molecule has 0 bridgehead atoms. The normalized spacial score (nSPS) is 13.5.